The van der Waals surface area contributed by atoms with Gasteiger partial charge >= 0.3 is 188 Å². The van der Waals surface area contributed by atoms with Crippen LogP contribution in [0.25, 0.3) is 5.57 Å². The van der Waals surface area contributed by atoms with E-state index < -0.39 is 21.4 Å². The van der Waals surface area contributed by atoms with Crippen LogP contribution in [0, 0.1) is 0 Å². The third-order valence-corrected chi connectivity index (χ3v) is 19.6. The van der Waals surface area contributed by atoms with Crippen LogP contribution in [0.5, 0.6) is 0 Å². The number of amides is 2. The zero-order chi connectivity index (χ0) is 20.2. The molecular formula is C25H18InNO2S. The average Bonchev–Trinajstić information content (AvgIpc) is 3.40. The molecule has 5 heteroatoms. The predicted molar refractivity (Wildman–Crippen MR) is 122 cm³/mol. The molecule has 1 N–H and O–H groups in total. The zero-order valence-electron chi connectivity index (χ0n) is 16.1. The molecule has 2 unspecified atom stereocenters. The van der Waals surface area contributed by atoms with Crippen LogP contribution >= 0.6 is 11.8 Å². The second kappa shape index (κ2) is 7.17. The van der Waals surface area contributed by atoms with Gasteiger partial charge in [0.25, 0.3) is 0 Å². The van der Waals surface area contributed by atoms with Crippen LogP contribution in [0.4, 0.5) is 4.79 Å². The molecule has 3 aromatic rings. The molecule has 4 aliphatic rings. The molecule has 3 nitrogen and oxygen atoms in total. The van der Waals surface area contributed by atoms with Gasteiger partial charge in [0, 0.05) is 0 Å². The normalized spacial score (nSPS) is 21.7. The number of benzene rings is 3. The Bertz CT molecular complexity index is 1170. The van der Waals surface area contributed by atoms with Gasteiger partial charge in [-0.05, 0) is 0 Å². The molecule has 4 heterocycles. The first-order chi connectivity index (χ1) is 14.7. The topological polar surface area (TPSA) is 46.2 Å². The van der Waals surface area contributed by atoms with Gasteiger partial charge in [0.1, 0.15) is 0 Å². The summed E-state index contributed by atoms with van der Waals surface area (Å²) in [5.41, 5.74) is 5.31. The van der Waals surface area contributed by atoms with E-state index in [1.807, 2.05) is 0 Å². The van der Waals surface area contributed by atoms with Gasteiger partial charge < -0.3 is 0 Å². The zero-order valence-corrected chi connectivity index (χ0v) is 20.2. The van der Waals surface area contributed by atoms with E-state index in [2.05, 4.69) is 90.2 Å². The van der Waals surface area contributed by atoms with Crippen molar-refractivity contribution in [3.63, 3.8) is 0 Å². The van der Waals surface area contributed by atoms with Gasteiger partial charge in [-0.2, -0.15) is 0 Å². The predicted octanol–water partition coefficient (Wildman–Crippen LogP) is 4.26. The summed E-state index contributed by atoms with van der Waals surface area (Å²) in [7, 11) is 0. The van der Waals surface area contributed by atoms with E-state index in [-0.39, 0.29) is 26.0 Å². The van der Waals surface area contributed by atoms with E-state index in [4.69, 9.17) is 0 Å². The molecule has 3 aromatic carbocycles. The first-order valence-electron chi connectivity index (χ1n) is 10.2. The van der Waals surface area contributed by atoms with Crippen molar-refractivity contribution >= 4 is 53.2 Å². The molecule has 144 valence electrons. The molecule has 30 heavy (non-hydrogen) atoms. The number of imide groups is 1. The van der Waals surface area contributed by atoms with Crippen molar-refractivity contribution in [2.45, 2.75) is 14.8 Å². The molecule has 1 fully saturated rings. The standard InChI is InChI=1S/C25H18NO2S.In/c27-24-23(29-25(28)26-24)17-21(18-10-4-1-5-11-18)16-22(19-12-6-2-7-13-19)20-14-8-3-9-15-20;/h1-10,12-15,17,22-23H,(H,26,27,28);. The van der Waals surface area contributed by atoms with Gasteiger partial charge in [-0.1, -0.05) is 0 Å². The van der Waals surface area contributed by atoms with Crippen molar-refractivity contribution in [2.75, 3.05) is 0 Å². The van der Waals surface area contributed by atoms with Gasteiger partial charge in [-0.3, -0.25) is 0 Å². The number of rotatable bonds is 4. The minimum atomic E-state index is -2.51. The second-order valence-corrected chi connectivity index (χ2v) is 17.5. The van der Waals surface area contributed by atoms with Gasteiger partial charge in [0.2, 0.25) is 0 Å². The molecule has 2 atom stereocenters. The summed E-state index contributed by atoms with van der Waals surface area (Å²) >= 11 is -1.31. The van der Waals surface area contributed by atoms with Crippen LogP contribution in [0.3, 0.4) is 0 Å². The van der Waals surface area contributed by atoms with Crippen molar-refractivity contribution in [3.8, 4) is 0 Å². The maximum absolute atomic E-state index is 12.6. The molecule has 0 spiro atoms. The Kier molecular flexibility index (Phi) is 4.43. The molecule has 7 rings (SSSR count). The molecule has 1 saturated heterocycles. The second-order valence-electron chi connectivity index (χ2n) is 8.03. The maximum atomic E-state index is 12.6. The quantitative estimate of drug-likeness (QED) is 0.570. The number of thioether (sulfide) groups is 1. The van der Waals surface area contributed by atoms with Crippen LogP contribution < -0.4 is 8.64 Å². The van der Waals surface area contributed by atoms with E-state index in [0.717, 1.165) is 0 Å². The fourth-order valence-electron chi connectivity index (χ4n) is 5.44. The molecular weight excluding hydrogens is 493 g/mol. The Morgan fingerprint density at radius 1 is 0.800 bits per heavy atom. The summed E-state index contributed by atoms with van der Waals surface area (Å²) in [4.78, 5) is 24.5. The summed E-state index contributed by atoms with van der Waals surface area (Å²) in [5.74, 6) is 0.133. The summed E-state index contributed by atoms with van der Waals surface area (Å²) in [6.45, 7) is 0. The summed E-state index contributed by atoms with van der Waals surface area (Å²) in [6.07, 6.45) is 0. The number of hydrogen-bond acceptors (Lipinski definition) is 3. The number of allylic oxidation sites excluding steroid dienone is 2. The van der Waals surface area contributed by atoms with Gasteiger partial charge in [0.15, 0.2) is 0 Å². The summed E-state index contributed by atoms with van der Waals surface area (Å²) in [5, 5.41) is 2.06. The number of hydrogen-bond donors (Lipinski definition) is 1. The number of carbonyl (C=O) groups is 2. The number of carbonyl (C=O) groups excluding carboxylic acids is 2. The molecule has 0 saturated carbocycles. The van der Waals surface area contributed by atoms with E-state index in [9.17, 15) is 9.59 Å². The Morgan fingerprint density at radius 3 is 1.97 bits per heavy atom. The van der Waals surface area contributed by atoms with Crippen molar-refractivity contribution in [2.24, 2.45) is 0 Å². The van der Waals surface area contributed by atoms with Crippen LogP contribution in [-0.2, 0) is 4.79 Å². The molecule has 0 radical (unpaired) electrons. The van der Waals surface area contributed by atoms with E-state index >= 15 is 0 Å². The Balaban J connectivity index is 1.54. The Morgan fingerprint density at radius 2 is 1.40 bits per heavy atom. The summed E-state index contributed by atoms with van der Waals surface area (Å²) in [6, 6.07) is 30.1. The van der Waals surface area contributed by atoms with Crippen molar-refractivity contribution < 1.29 is 9.59 Å². The first-order valence-corrected chi connectivity index (χ1v) is 16.3. The average molecular weight is 511 g/mol. The molecule has 2 amide bonds. The van der Waals surface area contributed by atoms with Crippen molar-refractivity contribution in [1.82, 2.24) is 5.32 Å². The Hall–Kier alpha value is -2.24. The van der Waals surface area contributed by atoms with E-state index in [1.54, 1.807) is 3.33 Å². The van der Waals surface area contributed by atoms with Crippen LogP contribution in [0.15, 0.2) is 88.3 Å². The van der Waals surface area contributed by atoms with Crippen LogP contribution in [0.2, 0.25) is 3.67 Å². The molecule has 4 aliphatic heterocycles. The van der Waals surface area contributed by atoms with Crippen molar-refractivity contribution in [3.05, 3.63) is 105 Å². The fraction of sp³-hybridized carbons (Fsp3) is 0.120. The third-order valence-electron chi connectivity index (χ3n) is 6.55. The molecule has 0 aliphatic carbocycles. The van der Waals surface area contributed by atoms with E-state index in [0.29, 0.717) is 0 Å². The minimum absolute atomic E-state index is 0.1000. The van der Waals surface area contributed by atoms with Crippen LogP contribution in [0.1, 0.15) is 22.6 Å². The van der Waals surface area contributed by atoms with E-state index in [1.165, 1.54) is 37.3 Å². The monoisotopic (exact) mass is 511 g/mol. The third kappa shape index (κ3) is 2.68. The van der Waals surface area contributed by atoms with Crippen molar-refractivity contribution in [1.29, 1.82) is 0 Å². The SMILES string of the molecule is O=C1NC(=O)C([CH]2C3=[C](C(c4ccccc4)c4ccccc4)[In]2[c]2ccccc23)S1. The molecule has 0 aromatic heterocycles. The summed E-state index contributed by atoms with van der Waals surface area (Å²) < 4.78 is 3.36. The molecule has 2 bridgehead atoms. The fourth-order valence-corrected chi connectivity index (χ4v) is 20.5. The van der Waals surface area contributed by atoms with Crippen LogP contribution in [-0.4, -0.2) is 37.8 Å². The Labute approximate surface area is 187 Å². The van der Waals surface area contributed by atoms with Gasteiger partial charge in [-0.15, -0.1) is 0 Å². The first kappa shape index (κ1) is 18.5. The number of nitrogens with one attached hydrogen (secondary N) is 1. The van der Waals surface area contributed by atoms with Gasteiger partial charge in [-0.25, -0.2) is 0 Å². The van der Waals surface area contributed by atoms with Gasteiger partial charge in [0.05, 0.1) is 0 Å².